The van der Waals surface area contributed by atoms with Crippen molar-refractivity contribution in [2.75, 3.05) is 6.54 Å². The van der Waals surface area contributed by atoms with E-state index < -0.39 is 0 Å². The van der Waals surface area contributed by atoms with Crippen LogP contribution in [0.25, 0.3) is 6.08 Å². The summed E-state index contributed by atoms with van der Waals surface area (Å²) in [5.74, 6) is -0.592. The standard InChI is InChI=1S/C23H22N2O2S/c1-17-8-5-6-12-20(17)22(26)25-21(16-19-11-7-15-28-19)23(27)24-14-13-18-9-3-2-4-10-18/h2-12,15-16H,13-14H2,1H3,(H,24,27)(H,25,26)/b21-16-. The van der Waals surface area contributed by atoms with Crippen molar-refractivity contribution in [2.24, 2.45) is 0 Å². The van der Waals surface area contributed by atoms with Crippen LogP contribution >= 0.6 is 11.3 Å². The van der Waals surface area contributed by atoms with Gasteiger partial charge in [-0.15, -0.1) is 11.3 Å². The van der Waals surface area contributed by atoms with Gasteiger partial charge in [-0.1, -0.05) is 54.6 Å². The first kappa shape index (κ1) is 19.6. The number of nitrogens with one attached hydrogen (secondary N) is 2. The molecular weight excluding hydrogens is 368 g/mol. The van der Waals surface area contributed by atoms with Crippen LogP contribution in [0.1, 0.15) is 26.4 Å². The van der Waals surface area contributed by atoms with Gasteiger partial charge in [-0.25, -0.2) is 0 Å². The minimum atomic E-state index is -0.300. The molecule has 0 saturated carbocycles. The van der Waals surface area contributed by atoms with Gasteiger partial charge in [0.25, 0.3) is 11.8 Å². The molecule has 0 radical (unpaired) electrons. The molecule has 0 aliphatic heterocycles. The summed E-state index contributed by atoms with van der Waals surface area (Å²) in [5.41, 5.74) is 2.80. The van der Waals surface area contributed by atoms with Gasteiger partial charge >= 0.3 is 0 Å². The lowest BCUT2D eigenvalue weighted by atomic mass is 10.1. The van der Waals surface area contributed by atoms with Gasteiger partial charge in [-0.2, -0.15) is 0 Å². The molecule has 2 aromatic carbocycles. The van der Waals surface area contributed by atoms with Crippen molar-refractivity contribution in [3.8, 4) is 0 Å². The summed E-state index contributed by atoms with van der Waals surface area (Å²) in [6.07, 6.45) is 2.43. The lowest BCUT2D eigenvalue weighted by molar-refractivity contribution is -0.117. The first-order valence-electron chi connectivity index (χ1n) is 9.08. The molecular formula is C23H22N2O2S. The second-order valence-corrected chi connectivity index (χ2v) is 7.31. The van der Waals surface area contributed by atoms with E-state index in [9.17, 15) is 9.59 Å². The van der Waals surface area contributed by atoms with Crippen LogP contribution in [0.2, 0.25) is 0 Å². The Hall–Kier alpha value is -3.18. The molecule has 1 aromatic heterocycles. The molecule has 0 atom stereocenters. The summed E-state index contributed by atoms with van der Waals surface area (Å²) >= 11 is 1.51. The zero-order valence-corrected chi connectivity index (χ0v) is 16.5. The highest BCUT2D eigenvalue weighted by atomic mass is 32.1. The zero-order chi connectivity index (χ0) is 19.8. The predicted molar refractivity (Wildman–Crippen MR) is 114 cm³/mol. The fourth-order valence-corrected chi connectivity index (χ4v) is 3.41. The Morgan fingerprint density at radius 3 is 2.43 bits per heavy atom. The topological polar surface area (TPSA) is 58.2 Å². The number of benzene rings is 2. The van der Waals surface area contributed by atoms with Crippen LogP contribution in [0.3, 0.4) is 0 Å². The summed E-state index contributed by atoms with van der Waals surface area (Å²) in [4.78, 5) is 26.3. The number of hydrogen-bond acceptors (Lipinski definition) is 3. The number of carbonyl (C=O) groups excluding carboxylic acids is 2. The van der Waals surface area contributed by atoms with Crippen LogP contribution in [-0.2, 0) is 11.2 Å². The van der Waals surface area contributed by atoms with E-state index in [0.717, 1.165) is 22.4 Å². The minimum absolute atomic E-state index is 0.240. The molecule has 4 nitrogen and oxygen atoms in total. The monoisotopic (exact) mass is 390 g/mol. The number of rotatable bonds is 7. The predicted octanol–water partition coefficient (Wildman–Crippen LogP) is 4.19. The average Bonchev–Trinajstić information content (AvgIpc) is 3.21. The lowest BCUT2D eigenvalue weighted by Crippen LogP contribution is -2.36. The number of amides is 2. The van der Waals surface area contributed by atoms with Crippen molar-refractivity contribution in [3.63, 3.8) is 0 Å². The summed E-state index contributed by atoms with van der Waals surface area (Å²) in [5, 5.41) is 7.61. The molecule has 0 fully saturated rings. The van der Waals surface area contributed by atoms with Crippen LogP contribution in [-0.4, -0.2) is 18.4 Å². The zero-order valence-electron chi connectivity index (χ0n) is 15.6. The Morgan fingerprint density at radius 1 is 0.964 bits per heavy atom. The van der Waals surface area contributed by atoms with Crippen LogP contribution in [0.4, 0.5) is 0 Å². The van der Waals surface area contributed by atoms with E-state index in [-0.39, 0.29) is 17.5 Å². The van der Waals surface area contributed by atoms with Crippen molar-refractivity contribution in [2.45, 2.75) is 13.3 Å². The molecule has 0 bridgehead atoms. The van der Waals surface area contributed by atoms with Gasteiger partial charge < -0.3 is 10.6 Å². The molecule has 3 rings (SSSR count). The van der Waals surface area contributed by atoms with Crippen LogP contribution in [0.5, 0.6) is 0 Å². The van der Waals surface area contributed by atoms with E-state index in [1.165, 1.54) is 11.3 Å². The van der Waals surface area contributed by atoms with Gasteiger partial charge in [0, 0.05) is 17.0 Å². The van der Waals surface area contributed by atoms with E-state index in [2.05, 4.69) is 10.6 Å². The van der Waals surface area contributed by atoms with Crippen molar-refractivity contribution >= 4 is 29.2 Å². The van der Waals surface area contributed by atoms with E-state index in [1.54, 1.807) is 12.1 Å². The third kappa shape index (κ3) is 5.41. The maximum Gasteiger partial charge on any atom is 0.267 e. The lowest BCUT2D eigenvalue weighted by Gasteiger charge is -2.12. The molecule has 0 spiro atoms. The Morgan fingerprint density at radius 2 is 1.71 bits per heavy atom. The molecule has 142 valence electrons. The first-order valence-corrected chi connectivity index (χ1v) is 9.96. The molecule has 2 N–H and O–H groups in total. The summed E-state index contributed by atoms with van der Waals surface area (Å²) < 4.78 is 0. The van der Waals surface area contributed by atoms with Gasteiger partial charge in [0.15, 0.2) is 0 Å². The van der Waals surface area contributed by atoms with Gasteiger partial charge in [-0.05, 0) is 48.1 Å². The number of aryl methyl sites for hydroxylation is 1. The number of hydrogen-bond donors (Lipinski definition) is 2. The second kappa shape index (κ2) is 9.67. The van der Waals surface area contributed by atoms with Gasteiger partial charge in [-0.3, -0.25) is 9.59 Å². The average molecular weight is 391 g/mol. The normalized spacial score (nSPS) is 11.1. The largest absolute Gasteiger partial charge is 0.350 e. The Bertz CT molecular complexity index is 963. The second-order valence-electron chi connectivity index (χ2n) is 6.33. The van der Waals surface area contributed by atoms with E-state index in [4.69, 9.17) is 0 Å². The molecule has 0 saturated heterocycles. The highest BCUT2D eigenvalue weighted by molar-refractivity contribution is 7.10. The number of thiophene rings is 1. The maximum absolute atomic E-state index is 12.7. The Balaban J connectivity index is 1.71. The summed E-state index contributed by atoms with van der Waals surface area (Å²) in [6, 6.07) is 21.1. The van der Waals surface area contributed by atoms with Crippen molar-refractivity contribution < 1.29 is 9.59 Å². The van der Waals surface area contributed by atoms with Crippen molar-refractivity contribution in [3.05, 3.63) is 99.4 Å². The maximum atomic E-state index is 12.7. The quantitative estimate of drug-likeness (QED) is 0.595. The minimum Gasteiger partial charge on any atom is -0.350 e. The fraction of sp³-hybridized carbons (Fsp3) is 0.130. The molecule has 0 aliphatic rings. The van der Waals surface area contributed by atoms with E-state index >= 15 is 0 Å². The number of carbonyl (C=O) groups is 2. The van der Waals surface area contributed by atoms with Crippen molar-refractivity contribution in [1.82, 2.24) is 10.6 Å². The van der Waals surface area contributed by atoms with Crippen molar-refractivity contribution in [1.29, 1.82) is 0 Å². The molecule has 1 heterocycles. The highest BCUT2D eigenvalue weighted by Gasteiger charge is 2.15. The fourth-order valence-electron chi connectivity index (χ4n) is 2.75. The molecule has 0 unspecified atom stereocenters. The van der Waals surface area contributed by atoms with Crippen LogP contribution < -0.4 is 10.6 Å². The molecule has 28 heavy (non-hydrogen) atoms. The highest BCUT2D eigenvalue weighted by Crippen LogP contribution is 2.14. The van der Waals surface area contributed by atoms with Gasteiger partial charge in [0.2, 0.25) is 0 Å². The Kier molecular flexibility index (Phi) is 6.76. The third-order valence-corrected chi connectivity index (χ3v) is 5.07. The molecule has 2 amide bonds. The van der Waals surface area contributed by atoms with Crippen LogP contribution in [0.15, 0.2) is 77.8 Å². The first-order chi connectivity index (χ1) is 13.6. The SMILES string of the molecule is Cc1ccccc1C(=O)N/C(=C\c1cccs1)C(=O)NCCc1ccccc1. The Labute approximate surface area is 168 Å². The summed E-state index contributed by atoms with van der Waals surface area (Å²) in [6.45, 7) is 2.36. The summed E-state index contributed by atoms with van der Waals surface area (Å²) in [7, 11) is 0. The molecule has 3 aromatic rings. The van der Waals surface area contributed by atoms with Gasteiger partial charge in [0.05, 0.1) is 0 Å². The van der Waals surface area contributed by atoms with Gasteiger partial charge in [0.1, 0.15) is 5.70 Å². The molecule has 0 aliphatic carbocycles. The van der Waals surface area contributed by atoms with E-state index in [1.807, 2.05) is 73.0 Å². The molecule has 5 heteroatoms. The smallest absolute Gasteiger partial charge is 0.267 e. The third-order valence-electron chi connectivity index (χ3n) is 4.25. The van der Waals surface area contributed by atoms with E-state index in [0.29, 0.717) is 12.1 Å². The van der Waals surface area contributed by atoms with Crippen LogP contribution in [0, 0.1) is 6.92 Å².